The van der Waals surface area contributed by atoms with Gasteiger partial charge in [0.1, 0.15) is 23.5 Å². The number of fused-ring (bicyclic) bond motifs is 1. The van der Waals surface area contributed by atoms with Gasteiger partial charge in [-0.2, -0.15) is 9.40 Å². The Morgan fingerprint density at radius 3 is 2.43 bits per heavy atom. The number of ether oxygens (including phenoxy) is 2. The number of halogens is 2. The Balaban J connectivity index is 1.22. The highest BCUT2D eigenvalue weighted by Gasteiger charge is 2.33. The number of aromatic nitrogens is 2. The molecule has 0 saturated carbocycles. The predicted molar refractivity (Wildman–Crippen MR) is 164 cm³/mol. The number of anilines is 2. The molecule has 12 nitrogen and oxygen atoms in total. The second-order valence-corrected chi connectivity index (χ2v) is 13.8. The van der Waals surface area contributed by atoms with E-state index in [2.05, 4.69) is 32.8 Å². The third-order valence-electron chi connectivity index (χ3n) is 8.66. The molecule has 0 atom stereocenters. The first-order valence-electron chi connectivity index (χ1n) is 15.3. The molecule has 2 fully saturated rings. The molecule has 46 heavy (non-hydrogen) atoms. The van der Waals surface area contributed by atoms with Crippen molar-refractivity contribution in [2.45, 2.75) is 49.6 Å². The molecular formula is C31H36F2N6O6S. The lowest BCUT2D eigenvalue weighted by molar-refractivity contribution is -0.122. The van der Waals surface area contributed by atoms with E-state index in [0.717, 1.165) is 42.4 Å². The Kier molecular flexibility index (Phi) is 9.36. The van der Waals surface area contributed by atoms with Crippen molar-refractivity contribution in [3.63, 3.8) is 0 Å². The molecule has 0 aliphatic carbocycles. The van der Waals surface area contributed by atoms with Crippen molar-refractivity contribution in [2.24, 2.45) is 5.92 Å². The predicted octanol–water partition coefficient (Wildman–Crippen LogP) is 3.53. The Morgan fingerprint density at radius 2 is 1.72 bits per heavy atom. The number of carbonyl (C=O) groups excluding carboxylic acids is 2. The Labute approximate surface area is 265 Å². The van der Waals surface area contributed by atoms with E-state index in [0.29, 0.717) is 49.1 Å². The van der Waals surface area contributed by atoms with Crippen molar-refractivity contribution in [1.82, 2.24) is 19.4 Å². The first-order valence-corrected chi connectivity index (χ1v) is 16.7. The Bertz CT molecular complexity index is 1700. The van der Waals surface area contributed by atoms with Gasteiger partial charge in [-0.05, 0) is 57.0 Å². The molecular weight excluding hydrogens is 622 g/mol. The average molecular weight is 659 g/mol. The largest absolute Gasteiger partial charge is 0.490 e. The molecule has 2 aromatic carbocycles. The fourth-order valence-corrected chi connectivity index (χ4v) is 7.42. The third-order valence-corrected chi connectivity index (χ3v) is 10.5. The van der Waals surface area contributed by atoms with Gasteiger partial charge in [0.25, 0.3) is 5.91 Å². The van der Waals surface area contributed by atoms with Crippen molar-refractivity contribution in [3.8, 4) is 5.75 Å². The SMILES string of the molecule is CN1CCC(Oc2ccc(C(=O)Nc3n[nH]c4c3CN(S(=O)(=O)c3cc(F)cc(F)c3)CC4)c(NC(=O)C3CCOCC3)c2)CC1. The monoisotopic (exact) mass is 658 g/mol. The van der Waals surface area contributed by atoms with Gasteiger partial charge >= 0.3 is 0 Å². The molecule has 3 N–H and O–H groups in total. The highest BCUT2D eigenvalue weighted by atomic mass is 32.2. The van der Waals surface area contributed by atoms with Crippen LogP contribution < -0.4 is 15.4 Å². The van der Waals surface area contributed by atoms with Gasteiger partial charge in [-0.25, -0.2) is 17.2 Å². The zero-order chi connectivity index (χ0) is 32.4. The first-order chi connectivity index (χ1) is 22.1. The third kappa shape index (κ3) is 7.07. The van der Waals surface area contributed by atoms with Gasteiger partial charge in [0.15, 0.2) is 5.82 Å². The van der Waals surface area contributed by atoms with E-state index < -0.39 is 32.5 Å². The van der Waals surface area contributed by atoms with Crippen LogP contribution in [0, 0.1) is 17.6 Å². The number of hydrogen-bond donors (Lipinski definition) is 3. The maximum atomic E-state index is 13.8. The lowest BCUT2D eigenvalue weighted by atomic mass is 9.99. The number of likely N-dealkylation sites (tertiary alicyclic amines) is 1. The average Bonchev–Trinajstić information content (AvgIpc) is 3.44. The Hall–Kier alpha value is -3.92. The molecule has 0 bridgehead atoms. The fraction of sp³-hybridized carbons (Fsp3) is 0.452. The molecule has 3 aliphatic rings. The fourth-order valence-electron chi connectivity index (χ4n) is 5.97. The molecule has 4 heterocycles. The van der Waals surface area contributed by atoms with Crippen molar-refractivity contribution >= 4 is 33.3 Å². The second-order valence-electron chi connectivity index (χ2n) is 11.9. The number of rotatable bonds is 8. The van der Waals surface area contributed by atoms with Gasteiger partial charge in [0.05, 0.1) is 16.1 Å². The molecule has 3 aromatic rings. The maximum Gasteiger partial charge on any atom is 0.258 e. The van der Waals surface area contributed by atoms with Gasteiger partial charge < -0.3 is 25.0 Å². The van der Waals surface area contributed by atoms with E-state index in [9.17, 15) is 26.8 Å². The molecule has 0 unspecified atom stereocenters. The van der Waals surface area contributed by atoms with Gasteiger partial charge in [0.2, 0.25) is 15.9 Å². The second kappa shape index (κ2) is 13.4. The number of sulfonamides is 1. The van der Waals surface area contributed by atoms with E-state index in [1.165, 1.54) is 0 Å². The molecule has 2 saturated heterocycles. The summed E-state index contributed by atoms with van der Waals surface area (Å²) < 4.78 is 66.9. The summed E-state index contributed by atoms with van der Waals surface area (Å²) in [5.41, 5.74) is 1.50. The first kappa shape index (κ1) is 32.0. The number of piperidine rings is 1. The highest BCUT2D eigenvalue weighted by molar-refractivity contribution is 7.89. The van der Waals surface area contributed by atoms with Crippen LogP contribution in [-0.4, -0.2) is 85.6 Å². The quantitative estimate of drug-likeness (QED) is 0.334. The molecule has 0 radical (unpaired) electrons. The van der Waals surface area contributed by atoms with Gasteiger partial charge in [-0.1, -0.05) is 0 Å². The van der Waals surface area contributed by atoms with Gasteiger partial charge in [-0.15, -0.1) is 0 Å². The minimum atomic E-state index is -4.25. The standard InChI is InChI=1S/C31H36F2N6O6S/c1-38-9-4-22(5-10-38)45-23-2-3-25(28(17-23)34-30(40)19-7-12-44-13-8-19)31(41)35-29-26-18-39(11-6-27(26)36-37-29)46(42,43)24-15-20(32)14-21(33)16-24/h2-3,14-17,19,22H,4-13,18H2,1H3,(H,34,40)(H2,35,36,37,41). The van der Waals surface area contributed by atoms with E-state index in [1.807, 2.05) is 0 Å². The van der Waals surface area contributed by atoms with Crippen LogP contribution in [0.5, 0.6) is 5.75 Å². The molecule has 3 aliphatic heterocycles. The zero-order valence-corrected chi connectivity index (χ0v) is 26.2. The normalized spacial score (nSPS) is 18.6. The summed E-state index contributed by atoms with van der Waals surface area (Å²) >= 11 is 0. The van der Waals surface area contributed by atoms with Crippen LogP contribution in [0.15, 0.2) is 41.3 Å². The molecule has 0 spiro atoms. The summed E-state index contributed by atoms with van der Waals surface area (Å²) in [5.74, 6) is -2.43. The van der Waals surface area contributed by atoms with E-state index in [1.54, 1.807) is 18.2 Å². The smallest absolute Gasteiger partial charge is 0.258 e. The van der Waals surface area contributed by atoms with Crippen LogP contribution >= 0.6 is 0 Å². The van der Waals surface area contributed by atoms with E-state index in [-0.39, 0.29) is 54.5 Å². The highest BCUT2D eigenvalue weighted by Crippen LogP contribution is 2.31. The van der Waals surface area contributed by atoms with Crippen LogP contribution in [0.1, 0.15) is 47.3 Å². The molecule has 2 amide bonds. The van der Waals surface area contributed by atoms with E-state index >= 15 is 0 Å². The van der Waals surface area contributed by atoms with Crippen LogP contribution in [-0.2, 0) is 32.5 Å². The lowest BCUT2D eigenvalue weighted by Gasteiger charge is -2.29. The van der Waals surface area contributed by atoms with Crippen LogP contribution in [0.2, 0.25) is 0 Å². The lowest BCUT2D eigenvalue weighted by Crippen LogP contribution is -2.36. The summed E-state index contributed by atoms with van der Waals surface area (Å²) in [6.07, 6.45) is 3.10. The summed E-state index contributed by atoms with van der Waals surface area (Å²) in [6.45, 7) is 2.64. The number of hydrogen-bond acceptors (Lipinski definition) is 8. The van der Waals surface area contributed by atoms with Crippen LogP contribution in [0.25, 0.3) is 0 Å². The number of nitrogens with zero attached hydrogens (tertiary/aromatic N) is 3. The van der Waals surface area contributed by atoms with Crippen LogP contribution in [0.3, 0.4) is 0 Å². The van der Waals surface area contributed by atoms with Crippen molar-refractivity contribution in [2.75, 3.05) is 50.5 Å². The van der Waals surface area contributed by atoms with Crippen molar-refractivity contribution in [3.05, 3.63) is 64.9 Å². The zero-order valence-electron chi connectivity index (χ0n) is 25.4. The number of H-pyrrole nitrogens is 1. The topological polar surface area (TPSA) is 146 Å². The summed E-state index contributed by atoms with van der Waals surface area (Å²) in [7, 11) is -2.19. The number of benzene rings is 2. The van der Waals surface area contributed by atoms with Gasteiger partial charge in [0, 0.05) is 75.1 Å². The summed E-state index contributed by atoms with van der Waals surface area (Å²) in [6, 6.07) is 7.05. The van der Waals surface area contributed by atoms with E-state index in [4.69, 9.17) is 9.47 Å². The van der Waals surface area contributed by atoms with Crippen molar-refractivity contribution < 1.29 is 36.3 Å². The van der Waals surface area contributed by atoms with Crippen LogP contribution in [0.4, 0.5) is 20.3 Å². The number of carbonyl (C=O) groups is 2. The molecule has 1 aromatic heterocycles. The Morgan fingerprint density at radius 1 is 1.00 bits per heavy atom. The number of amides is 2. The number of aromatic amines is 1. The summed E-state index contributed by atoms with van der Waals surface area (Å²) in [5, 5.41) is 12.7. The molecule has 246 valence electrons. The van der Waals surface area contributed by atoms with Crippen molar-refractivity contribution in [1.29, 1.82) is 0 Å². The minimum Gasteiger partial charge on any atom is -0.490 e. The minimum absolute atomic E-state index is 0.00796. The number of nitrogens with one attached hydrogen (secondary N) is 3. The summed E-state index contributed by atoms with van der Waals surface area (Å²) in [4.78, 5) is 28.6. The molecule has 6 rings (SSSR count). The van der Waals surface area contributed by atoms with Gasteiger partial charge in [-0.3, -0.25) is 14.7 Å². The molecule has 15 heteroatoms. The maximum absolute atomic E-state index is 13.8.